The number of benzene rings is 1. The minimum atomic E-state index is -0.687. The molecule has 0 heterocycles. The topological polar surface area (TPSA) is 75.4 Å². The zero-order valence-corrected chi connectivity index (χ0v) is 12.9. The Hall–Kier alpha value is -1.39. The Morgan fingerprint density at radius 2 is 1.95 bits per heavy atom. The molecule has 1 atom stereocenters. The number of nitrogens with one attached hydrogen (secondary N) is 1. The number of amides is 1. The Balaban J connectivity index is 2.03. The number of carbonyl (C=O) groups excluding carboxylic acids is 1. The molecular formula is C17H26N2O2. The Morgan fingerprint density at radius 3 is 2.48 bits per heavy atom. The second-order valence-corrected chi connectivity index (χ2v) is 6.50. The van der Waals surface area contributed by atoms with Crippen LogP contribution >= 0.6 is 0 Å². The first-order valence-electron chi connectivity index (χ1n) is 7.71. The summed E-state index contributed by atoms with van der Waals surface area (Å²) in [6, 6.07) is 6.98. The van der Waals surface area contributed by atoms with Crippen LogP contribution in [-0.2, 0) is 4.79 Å². The van der Waals surface area contributed by atoms with Gasteiger partial charge in [0.2, 0.25) is 5.91 Å². The van der Waals surface area contributed by atoms with E-state index in [-0.39, 0.29) is 12.5 Å². The highest BCUT2D eigenvalue weighted by Gasteiger charge is 2.36. The maximum Gasteiger partial charge on any atom is 0.242 e. The summed E-state index contributed by atoms with van der Waals surface area (Å²) in [4.78, 5) is 12.4. The van der Waals surface area contributed by atoms with E-state index >= 15 is 0 Å². The summed E-state index contributed by atoms with van der Waals surface area (Å²) in [5.74, 6) is 0.454. The summed E-state index contributed by atoms with van der Waals surface area (Å²) < 4.78 is 0. The smallest absolute Gasteiger partial charge is 0.242 e. The maximum atomic E-state index is 12.4. The third-order valence-corrected chi connectivity index (χ3v) is 4.64. The van der Waals surface area contributed by atoms with Gasteiger partial charge < -0.3 is 16.2 Å². The van der Waals surface area contributed by atoms with Crippen molar-refractivity contribution in [1.82, 2.24) is 5.32 Å². The molecular weight excluding hydrogens is 264 g/mol. The fraction of sp³-hybridized carbons (Fsp3) is 0.588. The van der Waals surface area contributed by atoms with E-state index in [1.165, 1.54) is 0 Å². The highest BCUT2D eigenvalue weighted by Crippen LogP contribution is 2.32. The van der Waals surface area contributed by atoms with Gasteiger partial charge in [0.25, 0.3) is 0 Å². The van der Waals surface area contributed by atoms with Gasteiger partial charge in [0, 0.05) is 0 Å². The maximum absolute atomic E-state index is 12.4. The molecule has 4 nitrogen and oxygen atoms in total. The first-order chi connectivity index (χ1) is 9.96. The molecule has 2 rings (SSSR count). The molecule has 4 N–H and O–H groups in total. The summed E-state index contributed by atoms with van der Waals surface area (Å²) in [6.45, 7) is 4.19. The van der Waals surface area contributed by atoms with Crippen LogP contribution in [0.1, 0.15) is 49.8 Å². The molecule has 1 fully saturated rings. The average Bonchev–Trinajstić information content (AvgIpc) is 2.50. The van der Waals surface area contributed by atoms with Crippen molar-refractivity contribution in [3.05, 3.63) is 35.4 Å². The zero-order chi connectivity index (χ0) is 15.5. The number of hydrogen-bond acceptors (Lipinski definition) is 3. The van der Waals surface area contributed by atoms with Gasteiger partial charge in [0.05, 0.1) is 12.1 Å². The van der Waals surface area contributed by atoms with Crippen LogP contribution < -0.4 is 11.1 Å². The summed E-state index contributed by atoms with van der Waals surface area (Å²) in [6.07, 6.45) is 3.69. The molecule has 21 heavy (non-hydrogen) atoms. The van der Waals surface area contributed by atoms with E-state index in [0.29, 0.717) is 5.92 Å². The van der Waals surface area contributed by atoms with Gasteiger partial charge >= 0.3 is 0 Å². The molecule has 1 aromatic rings. The lowest BCUT2D eigenvalue weighted by Crippen LogP contribution is -2.55. The van der Waals surface area contributed by atoms with Crippen LogP contribution in [0.3, 0.4) is 0 Å². The number of aliphatic hydroxyl groups is 1. The lowest BCUT2D eigenvalue weighted by Gasteiger charge is -2.39. The van der Waals surface area contributed by atoms with Crippen LogP contribution in [-0.4, -0.2) is 23.2 Å². The van der Waals surface area contributed by atoms with Crippen LogP contribution in [0, 0.1) is 12.8 Å². The molecule has 1 aliphatic rings. The molecule has 116 valence electrons. The normalized spacial score (nSPS) is 27.1. The molecule has 1 amide bonds. The number of nitrogens with two attached hydrogens (primary N) is 1. The number of aliphatic hydroxyl groups excluding tert-OH is 1. The summed E-state index contributed by atoms with van der Waals surface area (Å²) in [5, 5.41) is 12.7. The third-order valence-electron chi connectivity index (χ3n) is 4.64. The first kappa shape index (κ1) is 16.0. The van der Waals surface area contributed by atoms with Crippen molar-refractivity contribution in [1.29, 1.82) is 0 Å². The largest absolute Gasteiger partial charge is 0.394 e. The van der Waals surface area contributed by atoms with Crippen molar-refractivity contribution < 1.29 is 9.90 Å². The van der Waals surface area contributed by atoms with Crippen LogP contribution in [0.25, 0.3) is 0 Å². The molecule has 0 aliphatic heterocycles. The fourth-order valence-electron chi connectivity index (χ4n) is 2.90. The van der Waals surface area contributed by atoms with Gasteiger partial charge in [-0.1, -0.05) is 36.8 Å². The van der Waals surface area contributed by atoms with Gasteiger partial charge in [-0.3, -0.25) is 4.79 Å². The van der Waals surface area contributed by atoms with E-state index in [2.05, 4.69) is 12.2 Å². The summed E-state index contributed by atoms with van der Waals surface area (Å²) in [7, 11) is 0. The standard InChI is InChI=1S/C17H26N2O2/c1-12-3-5-14(6-4-12)15(18)16(21)19-17(11-20)9-7-13(2)8-10-17/h3-6,13,15,20H,7-11,18H2,1-2H3,(H,19,21). The predicted molar refractivity (Wildman–Crippen MR) is 83.7 cm³/mol. The predicted octanol–water partition coefficient (Wildman–Crippen LogP) is 2.05. The van der Waals surface area contributed by atoms with Crippen LogP contribution in [0.2, 0.25) is 0 Å². The lowest BCUT2D eigenvalue weighted by atomic mass is 9.77. The Kier molecular flexibility index (Phi) is 5.01. The van der Waals surface area contributed by atoms with Gasteiger partial charge in [-0.25, -0.2) is 0 Å². The molecule has 1 saturated carbocycles. The molecule has 1 unspecified atom stereocenters. The summed E-state index contributed by atoms with van der Waals surface area (Å²) >= 11 is 0. The number of carbonyl (C=O) groups is 1. The molecule has 0 spiro atoms. The minimum absolute atomic E-state index is 0.0217. The SMILES string of the molecule is Cc1ccc(C(N)C(=O)NC2(CO)CCC(C)CC2)cc1. The second kappa shape index (κ2) is 6.58. The van der Waals surface area contributed by atoms with Gasteiger partial charge in [0.15, 0.2) is 0 Å². The Labute approximate surface area is 126 Å². The van der Waals surface area contributed by atoms with Gasteiger partial charge in [-0.15, -0.1) is 0 Å². The Bertz CT molecular complexity index is 476. The monoisotopic (exact) mass is 290 g/mol. The van der Waals surface area contributed by atoms with Gasteiger partial charge in [-0.05, 0) is 44.1 Å². The molecule has 0 radical (unpaired) electrons. The van der Waals surface area contributed by atoms with Crippen molar-refractivity contribution in [3.63, 3.8) is 0 Å². The van der Waals surface area contributed by atoms with Crippen molar-refractivity contribution in [2.75, 3.05) is 6.61 Å². The molecule has 4 heteroatoms. The molecule has 0 aromatic heterocycles. The fourth-order valence-corrected chi connectivity index (χ4v) is 2.90. The van der Waals surface area contributed by atoms with Crippen molar-refractivity contribution >= 4 is 5.91 Å². The third kappa shape index (κ3) is 3.83. The van der Waals surface area contributed by atoms with Crippen molar-refractivity contribution in [3.8, 4) is 0 Å². The highest BCUT2D eigenvalue weighted by atomic mass is 16.3. The number of aryl methyl sites for hydroxylation is 1. The molecule has 0 bridgehead atoms. The van der Waals surface area contributed by atoms with Crippen molar-refractivity contribution in [2.45, 2.75) is 51.1 Å². The minimum Gasteiger partial charge on any atom is -0.394 e. The summed E-state index contributed by atoms with van der Waals surface area (Å²) in [5.41, 5.74) is 7.50. The highest BCUT2D eigenvalue weighted by molar-refractivity contribution is 5.83. The second-order valence-electron chi connectivity index (χ2n) is 6.50. The van der Waals surface area contributed by atoms with E-state index in [0.717, 1.165) is 36.8 Å². The first-order valence-corrected chi connectivity index (χ1v) is 7.71. The van der Waals surface area contributed by atoms with Crippen LogP contribution in [0.15, 0.2) is 24.3 Å². The van der Waals surface area contributed by atoms with E-state index in [1.54, 1.807) is 0 Å². The van der Waals surface area contributed by atoms with Gasteiger partial charge in [0.1, 0.15) is 6.04 Å². The average molecular weight is 290 g/mol. The lowest BCUT2D eigenvalue weighted by molar-refractivity contribution is -0.125. The zero-order valence-electron chi connectivity index (χ0n) is 12.9. The van der Waals surface area contributed by atoms with E-state index in [4.69, 9.17) is 5.73 Å². The number of rotatable bonds is 4. The molecule has 1 aromatic carbocycles. The van der Waals surface area contributed by atoms with Crippen LogP contribution in [0.5, 0.6) is 0 Å². The van der Waals surface area contributed by atoms with E-state index in [9.17, 15) is 9.90 Å². The van der Waals surface area contributed by atoms with Crippen molar-refractivity contribution in [2.24, 2.45) is 11.7 Å². The molecule has 1 aliphatic carbocycles. The number of hydrogen-bond donors (Lipinski definition) is 3. The quantitative estimate of drug-likeness (QED) is 0.794. The van der Waals surface area contributed by atoms with E-state index in [1.807, 2.05) is 31.2 Å². The molecule has 0 saturated heterocycles. The van der Waals surface area contributed by atoms with Gasteiger partial charge in [-0.2, -0.15) is 0 Å². The Morgan fingerprint density at radius 1 is 1.38 bits per heavy atom. The van der Waals surface area contributed by atoms with Crippen LogP contribution in [0.4, 0.5) is 0 Å². The van der Waals surface area contributed by atoms with E-state index < -0.39 is 11.6 Å².